The predicted octanol–water partition coefficient (Wildman–Crippen LogP) is 4.90. The molecule has 1 spiro atoms. The number of nitrogens with zero attached hydrogens (tertiary/aromatic N) is 2. The summed E-state index contributed by atoms with van der Waals surface area (Å²) in [6, 6.07) is 5.04. The van der Waals surface area contributed by atoms with Crippen LogP contribution in [0.3, 0.4) is 0 Å². The SMILES string of the molecule is C=CCCCOC(=O)[C@H]1[C@H]2C(=O)N(CCCCCCO)C(C(=O)N(CC=C)c3c(C)cccc3C)C23CC(C)[C@]1(C)O3. The zero-order valence-corrected chi connectivity index (χ0v) is 25.8. The molecule has 3 heterocycles. The first-order chi connectivity index (χ1) is 20.1. The van der Waals surface area contributed by atoms with Gasteiger partial charge in [-0.3, -0.25) is 14.4 Å². The van der Waals surface area contributed by atoms with Gasteiger partial charge in [0, 0.05) is 25.4 Å². The highest BCUT2D eigenvalue weighted by molar-refractivity contribution is 6.05. The van der Waals surface area contributed by atoms with Crippen LogP contribution in [-0.2, 0) is 23.9 Å². The van der Waals surface area contributed by atoms with Crippen LogP contribution < -0.4 is 4.90 Å². The molecule has 0 aliphatic carbocycles. The summed E-state index contributed by atoms with van der Waals surface area (Å²) in [5, 5.41) is 9.21. The van der Waals surface area contributed by atoms with Gasteiger partial charge in [0.1, 0.15) is 17.6 Å². The summed E-state index contributed by atoms with van der Waals surface area (Å²) in [6.45, 7) is 16.6. The highest BCUT2D eigenvalue weighted by Crippen LogP contribution is 2.65. The van der Waals surface area contributed by atoms with E-state index in [0.717, 1.165) is 36.1 Å². The zero-order chi connectivity index (χ0) is 30.7. The van der Waals surface area contributed by atoms with E-state index in [2.05, 4.69) is 13.2 Å². The molecule has 230 valence electrons. The molecule has 6 atom stereocenters. The van der Waals surface area contributed by atoms with Crippen molar-refractivity contribution in [2.45, 2.75) is 89.9 Å². The number of aryl methyl sites for hydroxylation is 2. The van der Waals surface area contributed by atoms with Gasteiger partial charge in [-0.25, -0.2) is 0 Å². The molecule has 4 rings (SSSR count). The fourth-order valence-electron chi connectivity index (χ4n) is 7.65. The Bertz CT molecular complexity index is 1180. The fourth-order valence-corrected chi connectivity index (χ4v) is 7.65. The molecule has 3 unspecified atom stereocenters. The van der Waals surface area contributed by atoms with Crippen molar-refractivity contribution in [2.24, 2.45) is 17.8 Å². The Balaban J connectivity index is 1.76. The van der Waals surface area contributed by atoms with Crippen LogP contribution in [0.2, 0.25) is 0 Å². The van der Waals surface area contributed by atoms with E-state index in [0.29, 0.717) is 32.2 Å². The maximum atomic E-state index is 14.8. The number of unbranched alkanes of at least 4 members (excludes halogenated alkanes) is 4. The lowest BCUT2D eigenvalue weighted by Gasteiger charge is -2.38. The van der Waals surface area contributed by atoms with Gasteiger partial charge in [-0.2, -0.15) is 0 Å². The van der Waals surface area contributed by atoms with Crippen molar-refractivity contribution in [3.63, 3.8) is 0 Å². The Kier molecular flexibility index (Phi) is 9.99. The molecule has 3 fully saturated rings. The molecule has 0 aromatic heterocycles. The second-order valence-corrected chi connectivity index (χ2v) is 12.4. The molecular weight excluding hydrogens is 532 g/mol. The number of likely N-dealkylation sites (tertiary alicyclic amines) is 1. The van der Waals surface area contributed by atoms with E-state index in [-0.39, 0.29) is 37.5 Å². The molecule has 3 aliphatic rings. The first-order valence-electron chi connectivity index (χ1n) is 15.5. The predicted molar refractivity (Wildman–Crippen MR) is 163 cm³/mol. The van der Waals surface area contributed by atoms with E-state index in [9.17, 15) is 19.5 Å². The van der Waals surface area contributed by atoms with Gasteiger partial charge in [0.2, 0.25) is 5.91 Å². The quantitative estimate of drug-likeness (QED) is 0.180. The van der Waals surface area contributed by atoms with Gasteiger partial charge in [0.05, 0.1) is 18.1 Å². The number of esters is 1. The molecule has 8 nitrogen and oxygen atoms in total. The molecule has 8 heteroatoms. The normalized spacial score (nSPS) is 29.5. The molecule has 0 saturated carbocycles. The first-order valence-corrected chi connectivity index (χ1v) is 15.5. The number of carbonyl (C=O) groups is 3. The lowest BCUT2D eigenvalue weighted by atomic mass is 9.62. The van der Waals surface area contributed by atoms with Crippen LogP contribution in [0.1, 0.15) is 69.9 Å². The number of amides is 2. The van der Waals surface area contributed by atoms with Crippen LogP contribution in [0.4, 0.5) is 5.69 Å². The molecular formula is C34H48N2O6. The first kappa shape index (κ1) is 32.0. The summed E-state index contributed by atoms with van der Waals surface area (Å²) in [5.41, 5.74) is 0.675. The molecule has 3 saturated heterocycles. The number of aliphatic hydroxyl groups is 1. The van der Waals surface area contributed by atoms with Gasteiger partial charge >= 0.3 is 5.97 Å². The average molecular weight is 581 g/mol. The van der Waals surface area contributed by atoms with Crippen molar-refractivity contribution < 1.29 is 29.0 Å². The Morgan fingerprint density at radius 1 is 1.14 bits per heavy atom. The lowest BCUT2D eigenvalue weighted by Crippen LogP contribution is -2.57. The summed E-state index contributed by atoms with van der Waals surface area (Å²) in [5.74, 6) is -2.49. The number of para-hydroxylation sites is 1. The molecule has 0 radical (unpaired) electrons. The number of carbonyl (C=O) groups excluding carboxylic acids is 3. The highest BCUT2D eigenvalue weighted by Gasteiger charge is 2.80. The summed E-state index contributed by atoms with van der Waals surface area (Å²) >= 11 is 0. The van der Waals surface area contributed by atoms with Gasteiger partial charge in [-0.15, -0.1) is 13.2 Å². The van der Waals surface area contributed by atoms with Crippen LogP contribution in [0.5, 0.6) is 0 Å². The molecule has 3 aliphatic heterocycles. The van der Waals surface area contributed by atoms with E-state index in [1.54, 1.807) is 22.0 Å². The third-order valence-corrected chi connectivity index (χ3v) is 9.69. The highest BCUT2D eigenvalue weighted by atomic mass is 16.6. The Hall–Kier alpha value is -2.97. The van der Waals surface area contributed by atoms with Crippen LogP contribution in [0.25, 0.3) is 0 Å². The molecule has 2 amide bonds. The van der Waals surface area contributed by atoms with Crippen molar-refractivity contribution in [3.05, 3.63) is 54.6 Å². The monoisotopic (exact) mass is 580 g/mol. The number of hydrogen-bond donors (Lipinski definition) is 1. The smallest absolute Gasteiger partial charge is 0.312 e. The number of allylic oxidation sites excluding steroid dienone is 1. The van der Waals surface area contributed by atoms with Crippen molar-refractivity contribution in [1.29, 1.82) is 0 Å². The molecule has 42 heavy (non-hydrogen) atoms. The van der Waals surface area contributed by atoms with E-state index in [1.807, 2.05) is 45.9 Å². The molecule has 1 aromatic carbocycles. The minimum absolute atomic E-state index is 0.0554. The van der Waals surface area contributed by atoms with E-state index in [4.69, 9.17) is 9.47 Å². The van der Waals surface area contributed by atoms with Gasteiger partial charge in [0.15, 0.2) is 0 Å². The number of rotatable bonds is 15. The van der Waals surface area contributed by atoms with Crippen molar-refractivity contribution in [3.8, 4) is 0 Å². The summed E-state index contributed by atoms with van der Waals surface area (Å²) < 4.78 is 12.6. The number of anilines is 1. The van der Waals surface area contributed by atoms with Crippen LogP contribution >= 0.6 is 0 Å². The summed E-state index contributed by atoms with van der Waals surface area (Å²) in [7, 11) is 0. The van der Waals surface area contributed by atoms with E-state index >= 15 is 0 Å². The topological polar surface area (TPSA) is 96.4 Å². The standard InChI is InChI=1S/C34H48N2O6/c1-7-9-14-21-41-32(40)27-26-30(38)36(19-12-10-11-13-20-37)29(34(26)22-25(5)33(27,6)42-34)31(39)35(18-8-2)28-23(3)16-15-17-24(28)4/h7-8,15-17,25-27,29,37H,1-2,9-14,18-22H2,3-6H3/t25?,26-,27+,29?,33-,34?/m0/s1. The minimum atomic E-state index is -1.13. The van der Waals surface area contributed by atoms with Crippen LogP contribution in [0, 0.1) is 31.6 Å². The summed E-state index contributed by atoms with van der Waals surface area (Å²) in [4.78, 5) is 46.3. The number of hydrogen-bond acceptors (Lipinski definition) is 6. The Morgan fingerprint density at radius 3 is 2.48 bits per heavy atom. The van der Waals surface area contributed by atoms with Gasteiger partial charge < -0.3 is 24.4 Å². The minimum Gasteiger partial charge on any atom is -0.465 e. The average Bonchev–Trinajstić information content (AvgIpc) is 3.46. The maximum absolute atomic E-state index is 14.8. The fraction of sp³-hybridized carbons (Fsp3) is 0.618. The van der Waals surface area contributed by atoms with Gasteiger partial charge in [-0.05, 0) is 69.9 Å². The second-order valence-electron chi connectivity index (χ2n) is 12.4. The number of benzene rings is 1. The molecule has 1 N–H and O–H groups in total. The van der Waals surface area contributed by atoms with Crippen LogP contribution in [0.15, 0.2) is 43.5 Å². The third-order valence-electron chi connectivity index (χ3n) is 9.69. The van der Waals surface area contributed by atoms with Crippen molar-refractivity contribution >= 4 is 23.5 Å². The Labute approximate surface area is 250 Å². The largest absolute Gasteiger partial charge is 0.465 e. The lowest BCUT2D eigenvalue weighted by molar-refractivity contribution is -0.161. The van der Waals surface area contributed by atoms with Crippen molar-refractivity contribution in [1.82, 2.24) is 4.90 Å². The molecule has 1 aromatic rings. The second kappa shape index (κ2) is 13.1. The zero-order valence-electron chi connectivity index (χ0n) is 25.8. The third kappa shape index (κ3) is 5.44. The number of fused-ring (bicyclic) bond motifs is 1. The summed E-state index contributed by atoms with van der Waals surface area (Å²) in [6.07, 6.45) is 8.42. The van der Waals surface area contributed by atoms with E-state index < -0.39 is 35.0 Å². The van der Waals surface area contributed by atoms with Gasteiger partial charge in [0.25, 0.3) is 5.91 Å². The van der Waals surface area contributed by atoms with E-state index in [1.165, 1.54) is 0 Å². The number of aliphatic hydroxyl groups excluding tert-OH is 1. The van der Waals surface area contributed by atoms with Crippen molar-refractivity contribution in [2.75, 3.05) is 31.2 Å². The number of ether oxygens (including phenoxy) is 2. The molecule has 2 bridgehead atoms. The Morgan fingerprint density at radius 2 is 1.83 bits per heavy atom. The maximum Gasteiger partial charge on any atom is 0.312 e. The van der Waals surface area contributed by atoms with Gasteiger partial charge in [-0.1, -0.05) is 50.1 Å². The van der Waals surface area contributed by atoms with Crippen LogP contribution in [-0.4, -0.2) is 71.3 Å².